The van der Waals surface area contributed by atoms with Crippen LogP contribution in [0.1, 0.15) is 43.2 Å². The topological polar surface area (TPSA) is 140 Å². The molecule has 0 radical (unpaired) electrons. The van der Waals surface area contributed by atoms with Crippen LogP contribution < -0.4 is 10.6 Å². The minimum Gasteiger partial charge on any atom is -0.445 e. The van der Waals surface area contributed by atoms with Crippen LogP contribution in [0.25, 0.3) is 0 Å². The van der Waals surface area contributed by atoms with Gasteiger partial charge in [0.25, 0.3) is 11.8 Å². The molecule has 1 atom stereocenters. The second-order valence-corrected chi connectivity index (χ2v) is 8.24. The number of nitrogens with one attached hydrogen (secondary N) is 2. The van der Waals surface area contributed by atoms with Crippen LogP contribution in [-0.2, 0) is 41.9 Å². The highest BCUT2D eigenvalue weighted by atomic mass is 16.7. The van der Waals surface area contributed by atoms with Crippen molar-refractivity contribution in [2.45, 2.75) is 51.4 Å². The van der Waals surface area contributed by atoms with E-state index in [0.29, 0.717) is 17.9 Å². The van der Waals surface area contributed by atoms with Crippen molar-refractivity contribution in [3.05, 3.63) is 71.8 Å². The lowest BCUT2D eigenvalue weighted by molar-refractivity contribution is -0.199. The van der Waals surface area contributed by atoms with Crippen LogP contribution in [0.4, 0.5) is 9.59 Å². The summed E-state index contributed by atoms with van der Waals surface area (Å²) in [4.78, 5) is 65.4. The summed E-state index contributed by atoms with van der Waals surface area (Å²) in [6.07, 6.45) is -0.534. The van der Waals surface area contributed by atoms with E-state index in [1.54, 1.807) is 24.3 Å². The Kier molecular flexibility index (Phi) is 10.4. The van der Waals surface area contributed by atoms with Crippen molar-refractivity contribution in [1.82, 2.24) is 15.7 Å². The van der Waals surface area contributed by atoms with Crippen LogP contribution in [0.3, 0.4) is 0 Å². The van der Waals surface area contributed by atoms with Gasteiger partial charge in [0.15, 0.2) is 0 Å². The number of hydroxylamine groups is 2. The Morgan fingerprint density at radius 2 is 1.32 bits per heavy atom. The lowest BCUT2D eigenvalue weighted by atomic mass is 10.1. The first-order valence-electron chi connectivity index (χ1n) is 11.9. The van der Waals surface area contributed by atoms with Gasteiger partial charge >= 0.3 is 18.2 Å². The molecule has 2 aromatic rings. The summed E-state index contributed by atoms with van der Waals surface area (Å²) in [7, 11) is 0. The molecule has 0 aromatic heterocycles. The molecule has 0 saturated carbocycles. The first kappa shape index (κ1) is 27.2. The predicted octanol–water partition coefficient (Wildman–Crippen LogP) is 2.99. The standard InChI is InChI=1S/C26H29N3O8/c30-22-14-15-23(31)29(22)37-24(32)21(28-26(34)36-18-20-11-5-2-6-12-20)13-7-8-16-27-25(33)35-17-19-9-3-1-4-10-19/h1-6,9-12,21H,7-8,13-18H2,(H,27,33)(H,28,34)/t21-/m1/s1. The summed E-state index contributed by atoms with van der Waals surface area (Å²) in [5.74, 6) is -2.21. The van der Waals surface area contributed by atoms with Gasteiger partial charge in [-0.3, -0.25) is 9.59 Å². The quantitative estimate of drug-likeness (QED) is 0.327. The highest BCUT2D eigenvalue weighted by molar-refractivity contribution is 6.01. The fourth-order valence-electron chi connectivity index (χ4n) is 3.41. The second kappa shape index (κ2) is 14.2. The number of carbonyl (C=O) groups excluding carboxylic acids is 5. The number of rotatable bonds is 12. The average molecular weight is 512 g/mol. The third-order valence-electron chi connectivity index (χ3n) is 5.38. The zero-order valence-corrected chi connectivity index (χ0v) is 20.2. The van der Waals surface area contributed by atoms with Crippen molar-refractivity contribution in [2.75, 3.05) is 6.54 Å². The van der Waals surface area contributed by atoms with Gasteiger partial charge in [-0.2, -0.15) is 0 Å². The molecule has 196 valence electrons. The van der Waals surface area contributed by atoms with Crippen LogP contribution >= 0.6 is 0 Å². The zero-order valence-electron chi connectivity index (χ0n) is 20.2. The molecule has 2 aromatic carbocycles. The molecule has 4 amide bonds. The predicted molar refractivity (Wildman–Crippen MR) is 129 cm³/mol. The number of amides is 4. The first-order valence-corrected chi connectivity index (χ1v) is 11.9. The minimum atomic E-state index is -1.17. The zero-order chi connectivity index (χ0) is 26.5. The average Bonchev–Trinajstić information content (AvgIpc) is 3.23. The molecule has 1 aliphatic rings. The lowest BCUT2D eigenvalue weighted by Gasteiger charge is -2.20. The summed E-state index contributed by atoms with van der Waals surface area (Å²) < 4.78 is 10.3. The molecule has 0 aliphatic carbocycles. The molecule has 1 saturated heterocycles. The Morgan fingerprint density at radius 1 is 0.784 bits per heavy atom. The van der Waals surface area contributed by atoms with Gasteiger partial charge in [-0.15, -0.1) is 5.06 Å². The Morgan fingerprint density at radius 3 is 1.89 bits per heavy atom. The van der Waals surface area contributed by atoms with Crippen molar-refractivity contribution in [3.63, 3.8) is 0 Å². The Labute approximate surface area is 214 Å². The number of unbranched alkanes of at least 4 members (excludes halogenated alkanes) is 1. The highest BCUT2D eigenvalue weighted by Crippen LogP contribution is 2.14. The first-order chi connectivity index (χ1) is 17.9. The van der Waals surface area contributed by atoms with E-state index in [2.05, 4.69) is 10.6 Å². The van der Waals surface area contributed by atoms with Crippen molar-refractivity contribution < 1.29 is 38.3 Å². The summed E-state index contributed by atoms with van der Waals surface area (Å²) in [6, 6.07) is 17.1. The second-order valence-electron chi connectivity index (χ2n) is 8.24. The van der Waals surface area contributed by atoms with Gasteiger partial charge in [0.2, 0.25) is 0 Å². The third-order valence-corrected chi connectivity index (χ3v) is 5.38. The Hall–Kier alpha value is -4.41. The van der Waals surface area contributed by atoms with E-state index >= 15 is 0 Å². The maximum Gasteiger partial charge on any atom is 0.408 e. The van der Waals surface area contributed by atoms with E-state index in [0.717, 1.165) is 11.1 Å². The normalized spacial score (nSPS) is 13.6. The molecule has 1 aliphatic heterocycles. The third kappa shape index (κ3) is 9.28. The van der Waals surface area contributed by atoms with E-state index in [9.17, 15) is 24.0 Å². The lowest BCUT2D eigenvalue weighted by Crippen LogP contribution is -2.45. The van der Waals surface area contributed by atoms with Crippen LogP contribution in [0, 0.1) is 0 Å². The van der Waals surface area contributed by atoms with Crippen molar-refractivity contribution in [1.29, 1.82) is 0 Å². The van der Waals surface area contributed by atoms with Crippen LogP contribution in [0.15, 0.2) is 60.7 Å². The molecule has 3 rings (SSSR count). The van der Waals surface area contributed by atoms with E-state index in [-0.39, 0.29) is 39.0 Å². The molecular formula is C26H29N3O8. The van der Waals surface area contributed by atoms with Crippen molar-refractivity contribution in [2.24, 2.45) is 0 Å². The smallest absolute Gasteiger partial charge is 0.408 e. The largest absolute Gasteiger partial charge is 0.445 e. The van der Waals surface area contributed by atoms with Crippen LogP contribution in [-0.4, -0.2) is 47.6 Å². The summed E-state index contributed by atoms with van der Waals surface area (Å²) in [6.45, 7) is 0.410. The molecule has 1 fully saturated rings. The fourth-order valence-corrected chi connectivity index (χ4v) is 3.41. The van der Waals surface area contributed by atoms with Gasteiger partial charge in [0.05, 0.1) is 0 Å². The number of hydrogen-bond donors (Lipinski definition) is 2. The highest BCUT2D eigenvalue weighted by Gasteiger charge is 2.35. The molecule has 37 heavy (non-hydrogen) atoms. The number of alkyl carbamates (subject to hydrolysis) is 2. The van der Waals surface area contributed by atoms with Gasteiger partial charge in [0.1, 0.15) is 19.3 Å². The Bertz CT molecular complexity index is 1060. The summed E-state index contributed by atoms with van der Waals surface area (Å²) in [5.41, 5.74) is 1.62. The number of imide groups is 1. The number of carbonyl (C=O) groups is 5. The van der Waals surface area contributed by atoms with Gasteiger partial charge in [-0.1, -0.05) is 60.7 Å². The number of nitrogens with zero attached hydrogens (tertiary/aromatic N) is 1. The molecule has 2 N–H and O–H groups in total. The molecule has 0 unspecified atom stereocenters. The maximum atomic E-state index is 12.7. The summed E-state index contributed by atoms with van der Waals surface area (Å²) >= 11 is 0. The minimum absolute atomic E-state index is 0.00739. The van der Waals surface area contributed by atoms with Gasteiger partial charge in [0, 0.05) is 19.4 Å². The fraction of sp³-hybridized carbons (Fsp3) is 0.346. The van der Waals surface area contributed by atoms with Crippen molar-refractivity contribution in [3.8, 4) is 0 Å². The summed E-state index contributed by atoms with van der Waals surface area (Å²) in [5, 5.41) is 5.48. The van der Waals surface area contributed by atoms with Crippen molar-refractivity contribution >= 4 is 30.0 Å². The molecule has 11 heteroatoms. The van der Waals surface area contributed by atoms with E-state index in [1.807, 2.05) is 36.4 Å². The molecule has 1 heterocycles. The van der Waals surface area contributed by atoms with Crippen LogP contribution in [0.5, 0.6) is 0 Å². The molecule has 0 bridgehead atoms. The van der Waals surface area contributed by atoms with E-state index < -0.39 is 36.0 Å². The number of ether oxygens (including phenoxy) is 2. The van der Waals surface area contributed by atoms with Gasteiger partial charge < -0.3 is 24.9 Å². The van der Waals surface area contributed by atoms with Crippen LogP contribution in [0.2, 0.25) is 0 Å². The van der Waals surface area contributed by atoms with E-state index in [1.165, 1.54) is 0 Å². The number of hydrogen-bond acceptors (Lipinski definition) is 8. The number of benzene rings is 2. The van der Waals surface area contributed by atoms with Gasteiger partial charge in [-0.05, 0) is 30.4 Å². The molecular weight excluding hydrogens is 482 g/mol. The SMILES string of the molecule is O=C(NCCCC[C@@H](NC(=O)OCc1ccccc1)C(=O)ON1C(=O)CCC1=O)OCc1ccccc1. The molecule has 11 nitrogen and oxygen atoms in total. The maximum absolute atomic E-state index is 12.7. The van der Waals surface area contributed by atoms with E-state index in [4.69, 9.17) is 14.3 Å². The molecule has 0 spiro atoms. The van der Waals surface area contributed by atoms with Gasteiger partial charge in [-0.25, -0.2) is 14.4 Å². The monoisotopic (exact) mass is 511 g/mol. The Balaban J connectivity index is 1.44.